The molecule has 1 fully saturated rings. The minimum absolute atomic E-state index is 0.0487. The number of anilines is 1. The van der Waals surface area contributed by atoms with E-state index in [0.29, 0.717) is 6.42 Å². The molecular weight excluding hydrogens is 280 g/mol. The number of ether oxygens (including phenoxy) is 1. The molecule has 0 aromatic heterocycles. The summed E-state index contributed by atoms with van der Waals surface area (Å²) in [4.78, 5) is 25.6. The predicted octanol–water partition coefficient (Wildman–Crippen LogP) is 3.72. The van der Waals surface area contributed by atoms with Crippen molar-refractivity contribution in [3.63, 3.8) is 0 Å². The van der Waals surface area contributed by atoms with Gasteiger partial charge < -0.3 is 10.1 Å². The van der Waals surface area contributed by atoms with E-state index in [9.17, 15) is 9.59 Å². The monoisotopic (exact) mass is 304 g/mol. The number of nitrogens with one attached hydrogen (secondary N) is 1. The van der Waals surface area contributed by atoms with Gasteiger partial charge in [-0.3, -0.25) is 4.79 Å². The lowest BCUT2D eigenvalue weighted by Crippen LogP contribution is -2.39. The molecule has 0 bridgehead atoms. The minimum Gasteiger partial charge on any atom is -0.443 e. The van der Waals surface area contributed by atoms with Crippen molar-refractivity contribution in [2.75, 3.05) is 5.32 Å². The normalized spacial score (nSPS) is 22.2. The quantitative estimate of drug-likeness (QED) is 0.793. The van der Waals surface area contributed by atoms with Gasteiger partial charge >= 0.3 is 6.09 Å². The highest BCUT2D eigenvalue weighted by Gasteiger charge is 2.49. The van der Waals surface area contributed by atoms with Crippen LogP contribution >= 0.6 is 0 Å². The lowest BCUT2D eigenvalue weighted by Gasteiger charge is -2.27. The Bertz CT molecular complexity index is 578. The van der Waals surface area contributed by atoms with Crippen LogP contribution in [-0.2, 0) is 9.53 Å². The average molecular weight is 304 g/mol. The molecule has 5 nitrogen and oxygen atoms in total. The van der Waals surface area contributed by atoms with Crippen molar-refractivity contribution in [1.29, 1.82) is 0 Å². The SMILES string of the molecule is CC.CC(C)(C)OC(=O)N1C(=O)CC2Nc3ccccc3C21. The molecule has 2 atom stereocenters. The number of imide groups is 1. The van der Waals surface area contributed by atoms with E-state index in [1.807, 2.05) is 38.1 Å². The summed E-state index contributed by atoms with van der Waals surface area (Å²) in [5.41, 5.74) is 1.36. The van der Waals surface area contributed by atoms with Crippen LogP contribution in [-0.4, -0.2) is 28.5 Å². The number of carbonyl (C=O) groups excluding carboxylic acids is 2. The fourth-order valence-electron chi connectivity index (χ4n) is 2.83. The van der Waals surface area contributed by atoms with E-state index in [4.69, 9.17) is 4.74 Å². The van der Waals surface area contributed by atoms with Gasteiger partial charge in [-0.25, -0.2) is 9.69 Å². The molecule has 0 aliphatic carbocycles. The second-order valence-electron chi connectivity index (χ2n) is 6.23. The smallest absolute Gasteiger partial charge is 0.417 e. The molecule has 1 aromatic carbocycles. The van der Waals surface area contributed by atoms with E-state index in [0.717, 1.165) is 11.3 Å². The van der Waals surface area contributed by atoms with Gasteiger partial charge in [-0.05, 0) is 26.8 Å². The van der Waals surface area contributed by atoms with Crippen LogP contribution in [0.25, 0.3) is 0 Å². The van der Waals surface area contributed by atoms with E-state index in [1.54, 1.807) is 20.8 Å². The highest BCUT2D eigenvalue weighted by Crippen LogP contribution is 2.44. The van der Waals surface area contributed by atoms with Gasteiger partial charge in [0.1, 0.15) is 5.60 Å². The molecule has 0 radical (unpaired) electrons. The molecule has 0 saturated carbocycles. The van der Waals surface area contributed by atoms with Crippen molar-refractivity contribution < 1.29 is 14.3 Å². The summed E-state index contributed by atoms with van der Waals surface area (Å²) in [5.74, 6) is -0.184. The Labute approximate surface area is 131 Å². The fraction of sp³-hybridized carbons (Fsp3) is 0.529. The number of nitrogens with zero attached hydrogens (tertiary/aromatic N) is 1. The van der Waals surface area contributed by atoms with Crippen LogP contribution in [0.4, 0.5) is 10.5 Å². The van der Waals surface area contributed by atoms with Gasteiger partial charge in [0.25, 0.3) is 0 Å². The Balaban J connectivity index is 0.000000847. The number of fused-ring (bicyclic) bond motifs is 3. The minimum atomic E-state index is -0.610. The third-order valence-electron chi connectivity index (χ3n) is 3.53. The Hall–Kier alpha value is -2.04. The number of para-hydroxylation sites is 1. The summed E-state index contributed by atoms with van der Waals surface area (Å²) in [7, 11) is 0. The van der Waals surface area contributed by atoms with Gasteiger partial charge in [-0.2, -0.15) is 0 Å². The number of hydrogen-bond acceptors (Lipinski definition) is 4. The summed E-state index contributed by atoms with van der Waals surface area (Å²) in [6.45, 7) is 9.39. The first-order valence-corrected chi connectivity index (χ1v) is 7.77. The largest absolute Gasteiger partial charge is 0.443 e. The summed E-state index contributed by atoms with van der Waals surface area (Å²) in [5, 5.41) is 3.30. The zero-order chi connectivity index (χ0) is 16.5. The molecule has 2 heterocycles. The molecule has 1 aromatic rings. The molecular formula is C17H24N2O3. The van der Waals surface area contributed by atoms with Gasteiger partial charge in [-0.1, -0.05) is 32.0 Å². The van der Waals surface area contributed by atoms with Crippen LogP contribution in [0.3, 0.4) is 0 Å². The lowest BCUT2D eigenvalue weighted by atomic mass is 10.0. The summed E-state index contributed by atoms with van der Waals surface area (Å²) >= 11 is 0. The molecule has 2 amide bonds. The van der Waals surface area contributed by atoms with Crippen molar-refractivity contribution in [1.82, 2.24) is 4.90 Å². The second-order valence-corrected chi connectivity index (χ2v) is 6.23. The van der Waals surface area contributed by atoms with Crippen LogP contribution < -0.4 is 5.32 Å². The zero-order valence-corrected chi connectivity index (χ0v) is 13.8. The molecule has 1 N–H and O–H groups in total. The van der Waals surface area contributed by atoms with Crippen LogP contribution in [0.5, 0.6) is 0 Å². The molecule has 120 valence electrons. The number of amides is 2. The molecule has 5 heteroatoms. The maximum atomic E-state index is 12.3. The molecule has 22 heavy (non-hydrogen) atoms. The standard InChI is InChI=1S/C15H18N2O3.C2H6/c1-15(2,3)20-14(19)17-12(18)8-11-13(17)9-6-4-5-7-10(9)16-11;1-2/h4-7,11,13,16H,8H2,1-3H3;1-2H3. The third-order valence-corrected chi connectivity index (χ3v) is 3.53. The topological polar surface area (TPSA) is 58.6 Å². The molecule has 1 saturated heterocycles. The third kappa shape index (κ3) is 2.93. The molecule has 2 unspecified atom stereocenters. The lowest BCUT2D eigenvalue weighted by molar-refractivity contribution is -0.128. The van der Waals surface area contributed by atoms with Crippen LogP contribution in [0, 0.1) is 0 Å². The van der Waals surface area contributed by atoms with E-state index in [-0.39, 0.29) is 18.0 Å². The average Bonchev–Trinajstić information content (AvgIpc) is 2.93. The van der Waals surface area contributed by atoms with Crippen LogP contribution in [0.2, 0.25) is 0 Å². The maximum Gasteiger partial charge on any atom is 0.417 e. The molecule has 2 aliphatic rings. The first-order valence-electron chi connectivity index (χ1n) is 7.77. The highest BCUT2D eigenvalue weighted by molar-refractivity contribution is 5.96. The second kappa shape index (κ2) is 5.99. The van der Waals surface area contributed by atoms with E-state index >= 15 is 0 Å². The van der Waals surface area contributed by atoms with Crippen LogP contribution in [0.15, 0.2) is 24.3 Å². The fourth-order valence-corrected chi connectivity index (χ4v) is 2.83. The van der Waals surface area contributed by atoms with Crippen molar-refractivity contribution in [3.05, 3.63) is 29.8 Å². The number of carbonyl (C=O) groups is 2. The number of rotatable bonds is 0. The van der Waals surface area contributed by atoms with Gasteiger partial charge in [0.05, 0.1) is 12.1 Å². The summed E-state index contributed by atoms with van der Waals surface area (Å²) < 4.78 is 5.35. The van der Waals surface area contributed by atoms with E-state index in [2.05, 4.69) is 5.32 Å². The first kappa shape index (κ1) is 16.3. The highest BCUT2D eigenvalue weighted by atomic mass is 16.6. The maximum absolute atomic E-state index is 12.3. The van der Waals surface area contributed by atoms with Gasteiger partial charge in [-0.15, -0.1) is 0 Å². The Kier molecular flexibility index (Phi) is 4.44. The summed E-state index contributed by atoms with van der Waals surface area (Å²) in [6, 6.07) is 7.46. The Morgan fingerprint density at radius 3 is 2.55 bits per heavy atom. The van der Waals surface area contributed by atoms with Gasteiger partial charge in [0, 0.05) is 17.7 Å². The molecule has 2 aliphatic heterocycles. The number of benzene rings is 1. The summed E-state index contributed by atoms with van der Waals surface area (Å²) in [6.07, 6.45) is -0.244. The van der Waals surface area contributed by atoms with Crippen molar-refractivity contribution in [2.45, 2.75) is 58.7 Å². The van der Waals surface area contributed by atoms with Crippen molar-refractivity contribution in [2.24, 2.45) is 0 Å². The van der Waals surface area contributed by atoms with Gasteiger partial charge in [0.15, 0.2) is 0 Å². The Morgan fingerprint density at radius 1 is 1.27 bits per heavy atom. The number of likely N-dealkylation sites (tertiary alicyclic amines) is 1. The molecule has 0 spiro atoms. The molecule has 3 rings (SSSR count). The van der Waals surface area contributed by atoms with Crippen LogP contribution in [0.1, 0.15) is 52.6 Å². The Morgan fingerprint density at radius 2 is 1.91 bits per heavy atom. The predicted molar refractivity (Wildman–Crippen MR) is 85.6 cm³/mol. The van der Waals surface area contributed by atoms with Crippen molar-refractivity contribution in [3.8, 4) is 0 Å². The zero-order valence-electron chi connectivity index (χ0n) is 13.8. The first-order chi connectivity index (χ1) is 10.4. The van der Waals surface area contributed by atoms with Gasteiger partial charge in [0.2, 0.25) is 5.91 Å². The van der Waals surface area contributed by atoms with E-state index in [1.165, 1.54) is 4.90 Å². The van der Waals surface area contributed by atoms with Crippen molar-refractivity contribution >= 4 is 17.7 Å². The van der Waals surface area contributed by atoms with E-state index < -0.39 is 11.7 Å². The number of hydrogen-bond donors (Lipinski definition) is 1.